The number of para-hydroxylation sites is 1. The molecule has 2 unspecified atom stereocenters. The molecular formula is C9H11ClO3S. The molecule has 1 aromatic carbocycles. The van der Waals surface area contributed by atoms with Gasteiger partial charge < -0.3 is 15.3 Å². The van der Waals surface area contributed by atoms with Gasteiger partial charge in [-0.1, -0.05) is 23.7 Å². The summed E-state index contributed by atoms with van der Waals surface area (Å²) < 4.78 is 0. The van der Waals surface area contributed by atoms with E-state index in [-0.39, 0.29) is 22.1 Å². The van der Waals surface area contributed by atoms with Crippen molar-refractivity contribution in [2.75, 3.05) is 5.75 Å². The van der Waals surface area contributed by atoms with Gasteiger partial charge in [0.25, 0.3) is 0 Å². The number of aliphatic hydroxyl groups is 2. The summed E-state index contributed by atoms with van der Waals surface area (Å²) in [5.74, 6) is -0.102. The van der Waals surface area contributed by atoms with Crippen molar-refractivity contribution in [1.29, 1.82) is 0 Å². The number of benzene rings is 1. The maximum absolute atomic E-state index is 9.58. The maximum atomic E-state index is 9.58. The van der Waals surface area contributed by atoms with Crippen LogP contribution in [0.4, 0.5) is 0 Å². The van der Waals surface area contributed by atoms with E-state index in [4.69, 9.17) is 11.6 Å². The Bertz CT molecular complexity index is 319. The molecule has 0 saturated heterocycles. The van der Waals surface area contributed by atoms with Crippen LogP contribution in [0.25, 0.3) is 0 Å². The van der Waals surface area contributed by atoms with E-state index in [1.807, 2.05) is 0 Å². The zero-order valence-electron chi connectivity index (χ0n) is 7.26. The Hall–Kier alpha value is -0.420. The Balaban J connectivity index is 3.01. The third kappa shape index (κ3) is 2.33. The van der Waals surface area contributed by atoms with Crippen molar-refractivity contribution in [3.8, 4) is 5.75 Å². The summed E-state index contributed by atoms with van der Waals surface area (Å²) in [6.45, 7) is 0. The minimum absolute atomic E-state index is 0.104. The van der Waals surface area contributed by atoms with E-state index >= 15 is 0 Å². The Labute approximate surface area is 92.4 Å². The molecule has 0 aromatic heterocycles. The fourth-order valence-electron chi connectivity index (χ4n) is 1.08. The first-order valence-corrected chi connectivity index (χ1v) is 5.03. The van der Waals surface area contributed by atoms with Gasteiger partial charge in [0.1, 0.15) is 11.9 Å². The Kier molecular flexibility index (Phi) is 4.07. The lowest BCUT2D eigenvalue weighted by atomic mass is 10.0. The van der Waals surface area contributed by atoms with Gasteiger partial charge in [-0.25, -0.2) is 0 Å². The Morgan fingerprint density at radius 3 is 2.57 bits per heavy atom. The summed E-state index contributed by atoms with van der Waals surface area (Å²) in [5.41, 5.74) is 0.207. The predicted molar refractivity (Wildman–Crippen MR) is 57.9 cm³/mol. The molecule has 14 heavy (non-hydrogen) atoms. The normalized spacial score (nSPS) is 15.1. The molecule has 0 radical (unpaired) electrons. The summed E-state index contributed by atoms with van der Waals surface area (Å²) in [6, 6.07) is 4.59. The van der Waals surface area contributed by atoms with E-state index in [1.165, 1.54) is 12.1 Å². The van der Waals surface area contributed by atoms with Gasteiger partial charge in [-0.15, -0.1) is 0 Å². The first-order chi connectivity index (χ1) is 6.57. The van der Waals surface area contributed by atoms with Crippen LogP contribution in [-0.4, -0.2) is 27.2 Å². The molecule has 0 bridgehead atoms. The number of rotatable bonds is 3. The second kappa shape index (κ2) is 4.89. The van der Waals surface area contributed by atoms with Crippen LogP contribution < -0.4 is 0 Å². The number of halogens is 1. The molecule has 3 nitrogen and oxygen atoms in total. The van der Waals surface area contributed by atoms with Crippen LogP contribution in [-0.2, 0) is 0 Å². The van der Waals surface area contributed by atoms with Crippen LogP contribution in [0.3, 0.4) is 0 Å². The van der Waals surface area contributed by atoms with Crippen molar-refractivity contribution in [1.82, 2.24) is 0 Å². The highest BCUT2D eigenvalue weighted by molar-refractivity contribution is 7.80. The van der Waals surface area contributed by atoms with E-state index in [0.29, 0.717) is 0 Å². The third-order valence-corrected chi connectivity index (χ3v) is 2.57. The van der Waals surface area contributed by atoms with Crippen LogP contribution in [0.2, 0.25) is 5.02 Å². The van der Waals surface area contributed by atoms with Gasteiger partial charge in [-0.3, -0.25) is 0 Å². The molecule has 0 aliphatic carbocycles. The summed E-state index contributed by atoms with van der Waals surface area (Å²) in [5, 5.41) is 28.5. The lowest BCUT2D eigenvalue weighted by molar-refractivity contribution is 0.0323. The maximum Gasteiger partial charge on any atom is 0.140 e. The molecule has 0 saturated carbocycles. The number of aromatic hydroxyl groups is 1. The Morgan fingerprint density at radius 2 is 2.00 bits per heavy atom. The van der Waals surface area contributed by atoms with E-state index in [0.717, 1.165) is 0 Å². The Morgan fingerprint density at radius 1 is 1.36 bits per heavy atom. The lowest BCUT2D eigenvalue weighted by Gasteiger charge is -2.17. The molecule has 0 fully saturated rings. The van der Waals surface area contributed by atoms with E-state index in [1.54, 1.807) is 6.07 Å². The number of phenolic OH excluding ortho intramolecular Hbond substituents is 1. The zero-order valence-corrected chi connectivity index (χ0v) is 8.91. The van der Waals surface area contributed by atoms with Gasteiger partial charge in [0.2, 0.25) is 0 Å². The van der Waals surface area contributed by atoms with E-state index in [2.05, 4.69) is 12.6 Å². The monoisotopic (exact) mass is 234 g/mol. The molecular weight excluding hydrogens is 224 g/mol. The van der Waals surface area contributed by atoms with Crippen molar-refractivity contribution in [3.05, 3.63) is 28.8 Å². The van der Waals surface area contributed by atoms with Crippen molar-refractivity contribution < 1.29 is 15.3 Å². The molecule has 0 amide bonds. The highest BCUT2D eigenvalue weighted by Crippen LogP contribution is 2.32. The van der Waals surface area contributed by atoms with Crippen LogP contribution >= 0.6 is 24.2 Å². The number of hydrogen-bond donors (Lipinski definition) is 4. The van der Waals surface area contributed by atoms with Gasteiger partial charge in [0, 0.05) is 11.3 Å². The van der Waals surface area contributed by atoms with Crippen molar-refractivity contribution in [3.63, 3.8) is 0 Å². The number of hydrogen-bond acceptors (Lipinski definition) is 4. The molecule has 0 aliphatic rings. The molecule has 1 aromatic rings. The average molecular weight is 235 g/mol. The van der Waals surface area contributed by atoms with E-state index in [9.17, 15) is 15.3 Å². The second-order valence-corrected chi connectivity index (χ2v) is 3.64. The summed E-state index contributed by atoms with van der Waals surface area (Å²) in [6.07, 6.45) is -2.20. The van der Waals surface area contributed by atoms with Gasteiger partial charge in [0.15, 0.2) is 0 Å². The van der Waals surface area contributed by atoms with Gasteiger partial charge >= 0.3 is 0 Å². The van der Waals surface area contributed by atoms with E-state index < -0.39 is 12.2 Å². The fraction of sp³-hybridized carbons (Fsp3) is 0.333. The summed E-state index contributed by atoms with van der Waals surface area (Å²) in [4.78, 5) is 0. The number of thiol groups is 1. The van der Waals surface area contributed by atoms with Gasteiger partial charge in [0.05, 0.1) is 11.1 Å². The van der Waals surface area contributed by atoms with Crippen molar-refractivity contribution in [2.24, 2.45) is 0 Å². The summed E-state index contributed by atoms with van der Waals surface area (Å²) >= 11 is 9.48. The number of aliphatic hydroxyl groups excluding tert-OH is 2. The van der Waals surface area contributed by atoms with Gasteiger partial charge in [-0.2, -0.15) is 12.6 Å². The molecule has 1 rings (SSSR count). The first kappa shape index (κ1) is 11.7. The van der Waals surface area contributed by atoms with Crippen LogP contribution in [0.5, 0.6) is 5.75 Å². The molecule has 78 valence electrons. The van der Waals surface area contributed by atoms with Crippen LogP contribution in [0, 0.1) is 0 Å². The van der Waals surface area contributed by atoms with Gasteiger partial charge in [-0.05, 0) is 6.07 Å². The van der Waals surface area contributed by atoms with Crippen molar-refractivity contribution in [2.45, 2.75) is 12.2 Å². The minimum atomic E-state index is -1.17. The lowest BCUT2D eigenvalue weighted by Crippen LogP contribution is -2.19. The average Bonchev–Trinajstić information content (AvgIpc) is 2.20. The topological polar surface area (TPSA) is 60.7 Å². The van der Waals surface area contributed by atoms with Crippen LogP contribution in [0.15, 0.2) is 18.2 Å². The fourth-order valence-corrected chi connectivity index (χ4v) is 1.46. The predicted octanol–water partition coefficient (Wildman–Crippen LogP) is 1.37. The molecule has 0 heterocycles. The summed E-state index contributed by atoms with van der Waals surface area (Å²) in [7, 11) is 0. The second-order valence-electron chi connectivity index (χ2n) is 2.87. The smallest absolute Gasteiger partial charge is 0.140 e. The third-order valence-electron chi connectivity index (χ3n) is 1.89. The largest absolute Gasteiger partial charge is 0.506 e. The zero-order chi connectivity index (χ0) is 10.7. The first-order valence-electron chi connectivity index (χ1n) is 4.02. The molecule has 5 heteroatoms. The standard InChI is InChI=1S/C9H11ClO3S/c10-6-3-1-2-5(8(6)12)9(13)7(11)4-14/h1-3,7,9,11-14H,4H2. The molecule has 3 N–H and O–H groups in total. The molecule has 0 spiro atoms. The molecule has 2 atom stereocenters. The minimum Gasteiger partial charge on any atom is -0.506 e. The SMILES string of the molecule is Oc1c(Cl)cccc1C(O)C(O)CS. The molecule has 0 aliphatic heterocycles. The quantitative estimate of drug-likeness (QED) is 0.598. The van der Waals surface area contributed by atoms with Crippen LogP contribution in [0.1, 0.15) is 11.7 Å². The highest BCUT2D eigenvalue weighted by Gasteiger charge is 2.20. The highest BCUT2D eigenvalue weighted by atomic mass is 35.5. The number of phenols is 1. The van der Waals surface area contributed by atoms with Crippen molar-refractivity contribution >= 4 is 24.2 Å².